The third-order valence-electron chi connectivity index (χ3n) is 6.11. The van der Waals surface area contributed by atoms with Crippen LogP contribution in [0.15, 0.2) is 91.4 Å². The Kier molecular flexibility index (Phi) is 6.75. The molecule has 3 heterocycles. The molecule has 0 aliphatic carbocycles. The average molecular weight is 477 g/mol. The van der Waals surface area contributed by atoms with Gasteiger partial charge in [-0.05, 0) is 53.8 Å². The van der Waals surface area contributed by atoms with E-state index >= 15 is 0 Å². The first-order chi connectivity index (χ1) is 17.7. The minimum atomic E-state index is -0.625. The third-order valence-corrected chi connectivity index (χ3v) is 6.11. The van der Waals surface area contributed by atoms with Crippen LogP contribution in [0.5, 0.6) is 0 Å². The quantitative estimate of drug-likeness (QED) is 0.224. The highest BCUT2D eigenvalue weighted by atomic mass is 16.5. The number of carbonyl (C=O) groups excluding carboxylic acids is 1. The highest BCUT2D eigenvalue weighted by molar-refractivity contribution is 6.07. The lowest BCUT2D eigenvalue weighted by molar-refractivity contribution is 0.0708. The number of carbonyl (C=O) groups is 1. The number of pyridine rings is 3. The molecule has 3 aromatic heterocycles. The molecule has 0 aliphatic heterocycles. The lowest BCUT2D eigenvalue weighted by atomic mass is 9.99. The lowest BCUT2D eigenvalue weighted by Crippen LogP contribution is -2.19. The molecule has 0 saturated heterocycles. The maximum Gasteiger partial charge on any atom is 0.275 e. The summed E-state index contributed by atoms with van der Waals surface area (Å²) in [7, 11) is 0. The molecule has 7 heteroatoms. The van der Waals surface area contributed by atoms with Gasteiger partial charge in [-0.15, -0.1) is 0 Å². The average Bonchev–Trinajstić information content (AvgIpc) is 2.95. The van der Waals surface area contributed by atoms with Crippen molar-refractivity contribution in [2.24, 2.45) is 0 Å². The Bertz CT molecular complexity index is 1500. The number of amides is 1. The van der Waals surface area contributed by atoms with Gasteiger partial charge in [0.15, 0.2) is 0 Å². The zero-order valence-corrected chi connectivity index (χ0v) is 19.4. The molecule has 2 aromatic carbocycles. The number of aliphatic hydroxyl groups excluding tert-OH is 1. The molecule has 0 atom stereocenters. The summed E-state index contributed by atoms with van der Waals surface area (Å²) in [6, 6.07) is 23.5. The van der Waals surface area contributed by atoms with E-state index in [0.29, 0.717) is 22.3 Å². The Morgan fingerprint density at radius 2 is 1.44 bits per heavy atom. The maximum absolute atomic E-state index is 12.5. The Hall–Kier alpha value is -4.46. The smallest absolute Gasteiger partial charge is 0.275 e. The minimum absolute atomic E-state index is 0.190. The van der Waals surface area contributed by atoms with Crippen molar-refractivity contribution >= 4 is 16.8 Å². The molecule has 0 fully saturated rings. The zero-order chi connectivity index (χ0) is 24.9. The first-order valence-corrected chi connectivity index (χ1v) is 11.6. The van der Waals surface area contributed by atoms with Crippen molar-refractivity contribution in [3.8, 4) is 33.6 Å². The van der Waals surface area contributed by atoms with Crippen molar-refractivity contribution in [1.82, 2.24) is 20.4 Å². The fourth-order valence-electron chi connectivity index (χ4n) is 4.18. The molecule has 5 aromatic rings. The predicted molar refractivity (Wildman–Crippen MR) is 138 cm³/mol. The number of hydroxylamine groups is 1. The van der Waals surface area contributed by atoms with Crippen molar-refractivity contribution in [2.45, 2.75) is 12.8 Å². The molecule has 7 nitrogen and oxygen atoms in total. The fourth-order valence-corrected chi connectivity index (χ4v) is 4.18. The van der Waals surface area contributed by atoms with Gasteiger partial charge in [-0.3, -0.25) is 20.0 Å². The fraction of sp³-hybridized carbons (Fsp3) is 0.103. The van der Waals surface area contributed by atoms with Gasteiger partial charge in [0.1, 0.15) is 0 Å². The molecular weight excluding hydrogens is 452 g/mol. The lowest BCUT2D eigenvalue weighted by Gasteiger charge is -2.11. The number of benzene rings is 2. The number of nitrogens with zero attached hydrogens (tertiary/aromatic N) is 3. The second-order valence-electron chi connectivity index (χ2n) is 8.42. The normalized spacial score (nSPS) is 10.9. The van der Waals surface area contributed by atoms with E-state index in [-0.39, 0.29) is 12.2 Å². The Morgan fingerprint density at radius 1 is 0.806 bits per heavy atom. The van der Waals surface area contributed by atoms with Gasteiger partial charge in [0.25, 0.3) is 5.91 Å². The highest BCUT2D eigenvalue weighted by Crippen LogP contribution is 2.29. The molecule has 3 N–H and O–H groups in total. The number of fused-ring (bicyclic) bond motifs is 1. The number of aromatic nitrogens is 3. The third kappa shape index (κ3) is 4.84. The first-order valence-electron chi connectivity index (χ1n) is 11.6. The monoisotopic (exact) mass is 476 g/mol. The molecule has 178 valence electrons. The van der Waals surface area contributed by atoms with Gasteiger partial charge in [-0.25, -0.2) is 10.5 Å². The van der Waals surface area contributed by atoms with Gasteiger partial charge < -0.3 is 5.11 Å². The van der Waals surface area contributed by atoms with E-state index in [2.05, 4.69) is 34.2 Å². The Morgan fingerprint density at radius 3 is 2.11 bits per heavy atom. The summed E-state index contributed by atoms with van der Waals surface area (Å²) in [5.74, 6) is -0.625. The Labute approximate surface area is 208 Å². The summed E-state index contributed by atoms with van der Waals surface area (Å²) in [6.07, 6.45) is 6.59. The maximum atomic E-state index is 12.5. The van der Waals surface area contributed by atoms with Crippen LogP contribution in [0.3, 0.4) is 0 Å². The summed E-state index contributed by atoms with van der Waals surface area (Å²) < 4.78 is 0. The number of aliphatic hydroxyl groups is 1. The van der Waals surface area contributed by atoms with Crippen LogP contribution in [0.1, 0.15) is 22.3 Å². The predicted octanol–water partition coefficient (Wildman–Crippen LogP) is 5.07. The molecular formula is C29H24N4O3. The number of rotatable bonds is 7. The largest absolute Gasteiger partial charge is 0.396 e. The van der Waals surface area contributed by atoms with Crippen LogP contribution in [-0.4, -0.2) is 37.8 Å². The van der Waals surface area contributed by atoms with E-state index in [1.807, 2.05) is 42.5 Å². The van der Waals surface area contributed by atoms with Gasteiger partial charge in [0, 0.05) is 41.7 Å². The number of aryl methyl sites for hydroxylation is 1. The van der Waals surface area contributed by atoms with Crippen LogP contribution in [-0.2, 0) is 6.42 Å². The van der Waals surface area contributed by atoms with Gasteiger partial charge >= 0.3 is 0 Å². The van der Waals surface area contributed by atoms with Crippen molar-refractivity contribution in [3.05, 3.63) is 103 Å². The summed E-state index contributed by atoms with van der Waals surface area (Å²) in [4.78, 5) is 25.8. The first kappa shape index (κ1) is 23.3. The summed E-state index contributed by atoms with van der Waals surface area (Å²) in [6.45, 7) is 0.190. The van der Waals surface area contributed by atoms with E-state index < -0.39 is 5.91 Å². The number of hydrogen-bond acceptors (Lipinski definition) is 6. The standard InChI is InChI=1S/C29H24N4O3/c34-15-1-2-19-3-5-20(6-4-19)21-7-9-22(10-8-21)27-16-24(29(35)33-36)25-18-31-26(17-28(25)32-27)23-11-13-30-14-12-23/h3-14,16-18,34,36H,1-2,15H2,(H,33,35). The number of nitrogens with one attached hydrogen (secondary N) is 1. The van der Waals surface area contributed by atoms with Gasteiger partial charge in [0.2, 0.25) is 0 Å². The van der Waals surface area contributed by atoms with Crippen LogP contribution in [0, 0.1) is 0 Å². The van der Waals surface area contributed by atoms with Gasteiger partial charge in [0.05, 0.1) is 22.5 Å². The SMILES string of the molecule is O=C(NO)c1cc(-c2ccc(-c3ccc(CCCO)cc3)cc2)nc2cc(-c3ccncc3)ncc12. The van der Waals surface area contributed by atoms with Crippen molar-refractivity contribution in [2.75, 3.05) is 6.61 Å². The van der Waals surface area contributed by atoms with Crippen LogP contribution >= 0.6 is 0 Å². The molecule has 0 bridgehead atoms. The summed E-state index contributed by atoms with van der Waals surface area (Å²) in [5, 5.41) is 18.9. The molecule has 0 radical (unpaired) electrons. The minimum Gasteiger partial charge on any atom is -0.396 e. The molecule has 5 rings (SSSR count). The van der Waals surface area contributed by atoms with E-state index in [1.165, 1.54) is 5.56 Å². The molecule has 0 aliphatic rings. The van der Waals surface area contributed by atoms with Crippen molar-refractivity contribution < 1.29 is 15.1 Å². The second kappa shape index (κ2) is 10.4. The molecule has 0 saturated carbocycles. The zero-order valence-electron chi connectivity index (χ0n) is 19.4. The van der Waals surface area contributed by atoms with Crippen LogP contribution in [0.25, 0.3) is 44.5 Å². The summed E-state index contributed by atoms with van der Waals surface area (Å²) in [5.41, 5.74) is 9.01. The molecule has 36 heavy (non-hydrogen) atoms. The van der Waals surface area contributed by atoms with E-state index in [0.717, 1.165) is 35.1 Å². The van der Waals surface area contributed by atoms with Crippen LogP contribution in [0.2, 0.25) is 0 Å². The van der Waals surface area contributed by atoms with Crippen molar-refractivity contribution in [3.63, 3.8) is 0 Å². The van der Waals surface area contributed by atoms with E-state index in [1.54, 1.807) is 30.1 Å². The molecule has 0 spiro atoms. The van der Waals surface area contributed by atoms with Crippen LogP contribution < -0.4 is 5.48 Å². The van der Waals surface area contributed by atoms with Crippen LogP contribution in [0.4, 0.5) is 0 Å². The van der Waals surface area contributed by atoms with Crippen molar-refractivity contribution in [1.29, 1.82) is 0 Å². The number of hydrogen-bond donors (Lipinski definition) is 3. The molecule has 0 unspecified atom stereocenters. The van der Waals surface area contributed by atoms with Gasteiger partial charge in [-0.1, -0.05) is 48.5 Å². The van der Waals surface area contributed by atoms with E-state index in [4.69, 9.17) is 10.1 Å². The van der Waals surface area contributed by atoms with Gasteiger partial charge in [-0.2, -0.15) is 0 Å². The summed E-state index contributed by atoms with van der Waals surface area (Å²) >= 11 is 0. The second-order valence-corrected chi connectivity index (χ2v) is 8.42. The molecule has 1 amide bonds. The van der Waals surface area contributed by atoms with E-state index in [9.17, 15) is 10.0 Å². The topological polar surface area (TPSA) is 108 Å². The highest BCUT2D eigenvalue weighted by Gasteiger charge is 2.15. The Balaban J connectivity index is 1.51.